The second-order valence-electron chi connectivity index (χ2n) is 5.28. The number of rotatable bonds is 2. The average molecular weight is 312 g/mol. The zero-order valence-corrected chi connectivity index (χ0v) is 14.1. The summed E-state index contributed by atoms with van der Waals surface area (Å²) >= 11 is 2.08. The van der Waals surface area contributed by atoms with Crippen LogP contribution in [0.15, 0.2) is 42.5 Å². The van der Waals surface area contributed by atoms with Crippen LogP contribution in [0.25, 0.3) is 0 Å². The summed E-state index contributed by atoms with van der Waals surface area (Å²) < 4.78 is 12.2. The van der Waals surface area contributed by atoms with Gasteiger partial charge in [0.15, 0.2) is 0 Å². The number of benzene rings is 2. The fourth-order valence-electron chi connectivity index (χ4n) is 2.20. The molecule has 0 radical (unpaired) electrons. The van der Waals surface area contributed by atoms with Gasteiger partial charge >= 0.3 is 59.9 Å². The molecule has 0 bridgehead atoms. The summed E-state index contributed by atoms with van der Waals surface area (Å²) in [5.74, 6) is 0. The quantitative estimate of drug-likeness (QED) is 0.659. The molecule has 2 N–H and O–H groups in total. The molecule has 0 aliphatic carbocycles. The average Bonchev–Trinajstić information content (AvgIpc) is 2.38. The molecule has 0 spiro atoms. The van der Waals surface area contributed by atoms with Gasteiger partial charge in [0.05, 0.1) is 0 Å². The molecule has 0 unspecified atom stereocenters. The molecule has 0 fully saturated rings. The van der Waals surface area contributed by atoms with Gasteiger partial charge in [-0.1, -0.05) is 17.7 Å². The molecule has 0 saturated carbocycles. The Morgan fingerprint density at radius 3 is 1.77 bits per heavy atom. The molecule has 0 heterocycles. The topological polar surface area (TPSA) is 74.6 Å². The van der Waals surface area contributed by atoms with Crippen molar-refractivity contribution in [3.05, 3.63) is 64.7 Å². The predicted molar refractivity (Wildman–Crippen MR) is 88.9 cm³/mol. The third kappa shape index (κ3) is 5.57. The van der Waals surface area contributed by atoms with Crippen LogP contribution in [0.4, 0.5) is 0 Å². The zero-order valence-electron chi connectivity index (χ0n) is 13.2. The molecule has 6 heteroatoms. The molecule has 0 aromatic heterocycles. The Labute approximate surface area is 139 Å². The first-order chi connectivity index (χ1) is 10.1. The fourth-order valence-corrected chi connectivity index (χ4v) is 2.84. The molecule has 2 aromatic carbocycles. The van der Waals surface area contributed by atoms with E-state index < -0.39 is 13.1 Å². The van der Waals surface area contributed by atoms with Crippen molar-refractivity contribution < 1.29 is 19.1 Å². The van der Waals surface area contributed by atoms with E-state index in [1.54, 1.807) is 26.0 Å². The molecule has 22 heavy (non-hydrogen) atoms. The SMILES string of the molecule is Cc1cc(C)c(C(=O)P(=O)(O)O)c(C)c1.[Li][c]1ccccc1. The van der Waals surface area contributed by atoms with Crippen LogP contribution in [-0.2, 0) is 4.57 Å². The molecule has 0 saturated heterocycles. The molecule has 0 aliphatic rings. The number of aryl methyl sites for hydroxylation is 3. The van der Waals surface area contributed by atoms with Crippen LogP contribution < -0.4 is 4.24 Å². The molecular formula is C16H18LiO4P. The maximum atomic E-state index is 11.5. The van der Waals surface area contributed by atoms with Crippen molar-refractivity contribution in [1.82, 2.24) is 0 Å². The van der Waals surface area contributed by atoms with Crippen molar-refractivity contribution in [2.45, 2.75) is 20.8 Å². The summed E-state index contributed by atoms with van der Waals surface area (Å²) in [4.78, 5) is 29.1. The first kappa shape index (κ1) is 18.9. The Morgan fingerprint density at radius 1 is 1.00 bits per heavy atom. The molecular weight excluding hydrogens is 294 g/mol. The van der Waals surface area contributed by atoms with Gasteiger partial charge in [0.25, 0.3) is 5.52 Å². The van der Waals surface area contributed by atoms with Crippen molar-refractivity contribution in [2.24, 2.45) is 0 Å². The molecule has 0 atom stereocenters. The van der Waals surface area contributed by atoms with Gasteiger partial charge in [-0.15, -0.1) is 0 Å². The number of hydrogen-bond acceptors (Lipinski definition) is 2. The van der Waals surface area contributed by atoms with E-state index in [1.807, 2.05) is 25.1 Å². The van der Waals surface area contributed by atoms with Crippen molar-refractivity contribution in [2.75, 3.05) is 0 Å². The molecule has 4 nitrogen and oxygen atoms in total. The van der Waals surface area contributed by atoms with E-state index in [0.717, 1.165) is 5.56 Å². The van der Waals surface area contributed by atoms with Crippen LogP contribution >= 0.6 is 7.60 Å². The Bertz CT molecular complexity index is 684. The van der Waals surface area contributed by atoms with Crippen LogP contribution in [0.1, 0.15) is 27.0 Å². The van der Waals surface area contributed by atoms with Crippen molar-refractivity contribution >= 4 is 35.1 Å². The summed E-state index contributed by atoms with van der Waals surface area (Å²) in [5, 5.41) is 0. The van der Waals surface area contributed by atoms with Crippen LogP contribution in [0.2, 0.25) is 0 Å². The van der Waals surface area contributed by atoms with Gasteiger partial charge < -0.3 is 9.79 Å². The third-order valence-electron chi connectivity index (χ3n) is 3.10. The van der Waals surface area contributed by atoms with E-state index >= 15 is 0 Å². The van der Waals surface area contributed by atoms with Crippen LogP contribution in [-0.4, -0.2) is 33.0 Å². The number of carbonyl (C=O) groups is 1. The second kappa shape index (κ2) is 7.92. The maximum absolute atomic E-state index is 11.5. The number of carbonyl (C=O) groups excluding carboxylic acids is 1. The van der Waals surface area contributed by atoms with Gasteiger partial charge in [0.2, 0.25) is 0 Å². The zero-order chi connectivity index (χ0) is 16.9. The summed E-state index contributed by atoms with van der Waals surface area (Å²) in [6, 6.07) is 13.7. The fraction of sp³-hybridized carbons (Fsp3) is 0.188. The van der Waals surface area contributed by atoms with Crippen molar-refractivity contribution in [1.29, 1.82) is 0 Å². The van der Waals surface area contributed by atoms with E-state index in [4.69, 9.17) is 9.79 Å². The Balaban J connectivity index is 0.000000287. The predicted octanol–water partition coefficient (Wildman–Crippen LogP) is 2.41. The van der Waals surface area contributed by atoms with E-state index in [9.17, 15) is 9.36 Å². The first-order valence-corrected chi connectivity index (χ1v) is 8.44. The number of hydrogen-bond donors (Lipinski definition) is 2. The minimum atomic E-state index is -4.69. The molecule has 0 aliphatic heterocycles. The molecule has 112 valence electrons. The molecule has 0 amide bonds. The Kier molecular flexibility index (Phi) is 6.81. The van der Waals surface area contributed by atoms with Crippen LogP contribution in [0, 0.1) is 20.8 Å². The summed E-state index contributed by atoms with van der Waals surface area (Å²) in [6.45, 7) is 5.21. The first-order valence-electron chi connectivity index (χ1n) is 6.83. The van der Waals surface area contributed by atoms with Crippen molar-refractivity contribution in [3.8, 4) is 0 Å². The summed E-state index contributed by atoms with van der Waals surface area (Å²) in [5.41, 5.74) is 1.19. The van der Waals surface area contributed by atoms with Gasteiger partial charge in [0, 0.05) is 5.56 Å². The molecule has 2 rings (SSSR count). The monoisotopic (exact) mass is 312 g/mol. The van der Waals surface area contributed by atoms with E-state index in [0.29, 0.717) is 11.1 Å². The van der Waals surface area contributed by atoms with E-state index in [-0.39, 0.29) is 5.56 Å². The third-order valence-corrected chi connectivity index (χ3v) is 3.85. The van der Waals surface area contributed by atoms with Crippen molar-refractivity contribution in [3.63, 3.8) is 0 Å². The van der Waals surface area contributed by atoms with Crippen LogP contribution in [0.3, 0.4) is 0 Å². The van der Waals surface area contributed by atoms with E-state index in [1.165, 1.54) is 4.24 Å². The summed E-state index contributed by atoms with van der Waals surface area (Å²) in [6.07, 6.45) is 0. The van der Waals surface area contributed by atoms with E-state index in [2.05, 4.69) is 29.8 Å². The van der Waals surface area contributed by atoms with Gasteiger partial charge in [-0.2, -0.15) is 0 Å². The van der Waals surface area contributed by atoms with Gasteiger partial charge in [-0.25, -0.2) is 0 Å². The normalized spacial score (nSPS) is 10.7. The Hall–Kier alpha value is -1.14. The Morgan fingerprint density at radius 2 is 1.45 bits per heavy atom. The molecule has 2 aromatic rings. The minimum absolute atomic E-state index is 0.133. The summed E-state index contributed by atoms with van der Waals surface area (Å²) in [7, 11) is -4.69. The second-order valence-corrected chi connectivity index (χ2v) is 6.77. The van der Waals surface area contributed by atoms with Gasteiger partial charge in [0.1, 0.15) is 0 Å². The van der Waals surface area contributed by atoms with Gasteiger partial charge in [-0.05, 0) is 31.9 Å². The van der Waals surface area contributed by atoms with Gasteiger partial charge in [-0.3, -0.25) is 9.36 Å². The standard InChI is InChI=1S/C10H13O4P.C6H5.Li/c1-6-4-7(2)9(8(3)5-6)10(11)15(12,13)14;1-2-4-6-5-3-1;/h4-5H,1-3H3,(H2,12,13,14);1-5H;. The van der Waals surface area contributed by atoms with Crippen LogP contribution in [0.5, 0.6) is 0 Å².